The van der Waals surface area contributed by atoms with Crippen LogP contribution in [0.2, 0.25) is 5.02 Å². The number of benzene rings is 2. The second-order valence-electron chi connectivity index (χ2n) is 6.15. The molecule has 8 heteroatoms. The van der Waals surface area contributed by atoms with Crippen molar-refractivity contribution >= 4 is 52.1 Å². The van der Waals surface area contributed by atoms with E-state index in [0.29, 0.717) is 34.2 Å². The molecule has 2 aromatic carbocycles. The molecule has 0 bridgehead atoms. The van der Waals surface area contributed by atoms with Gasteiger partial charge in [0.25, 0.3) is 0 Å². The second kappa shape index (κ2) is 10.3. The van der Waals surface area contributed by atoms with Crippen molar-refractivity contribution in [1.29, 1.82) is 0 Å². The minimum Gasteiger partial charge on any atom is -0.375 e. The molecule has 0 aliphatic carbocycles. The molecule has 0 atom stereocenters. The van der Waals surface area contributed by atoms with Gasteiger partial charge in [-0.1, -0.05) is 18.5 Å². The van der Waals surface area contributed by atoms with E-state index in [1.165, 1.54) is 6.92 Å². The molecular weight excluding hydrogens is 380 g/mol. The average molecular weight is 403 g/mol. The predicted octanol–water partition coefficient (Wildman–Crippen LogP) is 4.09. The number of hydrogen-bond acceptors (Lipinski definition) is 4. The molecule has 0 aliphatic rings. The Morgan fingerprint density at radius 1 is 0.857 bits per heavy atom. The van der Waals surface area contributed by atoms with Gasteiger partial charge in [0.05, 0.1) is 17.3 Å². The Morgan fingerprint density at radius 2 is 1.43 bits per heavy atom. The monoisotopic (exact) mass is 402 g/mol. The van der Waals surface area contributed by atoms with Crippen molar-refractivity contribution in [1.82, 2.24) is 0 Å². The zero-order valence-electron chi connectivity index (χ0n) is 15.8. The summed E-state index contributed by atoms with van der Waals surface area (Å²) in [6.07, 6.45) is 1.20. The molecule has 148 valence electrons. The van der Waals surface area contributed by atoms with E-state index in [2.05, 4.69) is 21.3 Å². The fourth-order valence-electron chi connectivity index (χ4n) is 2.41. The van der Waals surface area contributed by atoms with Gasteiger partial charge in [-0.2, -0.15) is 0 Å². The van der Waals surface area contributed by atoms with Crippen molar-refractivity contribution < 1.29 is 14.4 Å². The van der Waals surface area contributed by atoms with Crippen LogP contribution in [0.5, 0.6) is 0 Å². The number of anilines is 4. The van der Waals surface area contributed by atoms with Gasteiger partial charge in [-0.25, -0.2) is 0 Å². The fourth-order valence-corrected chi connectivity index (χ4v) is 2.59. The highest BCUT2D eigenvalue weighted by molar-refractivity contribution is 6.33. The van der Waals surface area contributed by atoms with Gasteiger partial charge in [0.2, 0.25) is 17.7 Å². The van der Waals surface area contributed by atoms with E-state index >= 15 is 0 Å². The second-order valence-corrected chi connectivity index (χ2v) is 6.56. The van der Waals surface area contributed by atoms with Crippen LogP contribution in [0.25, 0.3) is 0 Å². The molecule has 0 aliphatic heterocycles. The molecular formula is C20H23ClN4O3. The highest BCUT2D eigenvalue weighted by Crippen LogP contribution is 2.25. The summed E-state index contributed by atoms with van der Waals surface area (Å²) in [4.78, 5) is 34.9. The smallest absolute Gasteiger partial charge is 0.243 e. The first-order valence-electron chi connectivity index (χ1n) is 8.88. The van der Waals surface area contributed by atoms with Crippen LogP contribution in [0.3, 0.4) is 0 Å². The van der Waals surface area contributed by atoms with E-state index in [9.17, 15) is 14.4 Å². The van der Waals surface area contributed by atoms with Crippen molar-refractivity contribution in [3.05, 3.63) is 47.5 Å². The lowest BCUT2D eigenvalue weighted by Crippen LogP contribution is -2.22. The van der Waals surface area contributed by atoms with E-state index in [1.807, 2.05) is 6.92 Å². The normalized spacial score (nSPS) is 10.1. The molecule has 0 radical (unpaired) electrons. The third-order valence-electron chi connectivity index (χ3n) is 3.66. The third-order valence-corrected chi connectivity index (χ3v) is 3.99. The van der Waals surface area contributed by atoms with Crippen molar-refractivity contribution in [3.63, 3.8) is 0 Å². The molecule has 4 N–H and O–H groups in total. The number of nitrogens with one attached hydrogen (secondary N) is 4. The van der Waals surface area contributed by atoms with Crippen LogP contribution in [-0.4, -0.2) is 24.3 Å². The van der Waals surface area contributed by atoms with Crippen LogP contribution in [0.15, 0.2) is 42.5 Å². The first-order chi connectivity index (χ1) is 13.4. The maximum Gasteiger partial charge on any atom is 0.243 e. The summed E-state index contributed by atoms with van der Waals surface area (Å²) in [7, 11) is 0. The lowest BCUT2D eigenvalue weighted by Gasteiger charge is -2.12. The van der Waals surface area contributed by atoms with Crippen molar-refractivity contribution in [2.75, 3.05) is 27.8 Å². The summed E-state index contributed by atoms with van der Waals surface area (Å²) >= 11 is 6.16. The summed E-state index contributed by atoms with van der Waals surface area (Å²) in [6, 6.07) is 11.8. The number of carbonyl (C=O) groups is 3. The number of hydrogen-bond donors (Lipinski definition) is 4. The van der Waals surface area contributed by atoms with Gasteiger partial charge in [0.1, 0.15) is 0 Å². The van der Waals surface area contributed by atoms with Gasteiger partial charge in [0, 0.05) is 30.4 Å². The quantitative estimate of drug-likeness (QED) is 0.534. The summed E-state index contributed by atoms with van der Waals surface area (Å²) in [5.41, 5.74) is 2.41. The molecule has 0 aromatic heterocycles. The molecule has 7 nitrogen and oxygen atoms in total. The van der Waals surface area contributed by atoms with Gasteiger partial charge in [-0.15, -0.1) is 0 Å². The highest BCUT2D eigenvalue weighted by atomic mass is 35.5. The Balaban J connectivity index is 1.91. The van der Waals surface area contributed by atoms with Crippen LogP contribution in [0.1, 0.15) is 26.7 Å². The molecule has 2 aromatic rings. The molecule has 0 spiro atoms. The van der Waals surface area contributed by atoms with Gasteiger partial charge >= 0.3 is 0 Å². The number of halogens is 1. The Bertz CT molecular complexity index is 853. The molecule has 0 saturated carbocycles. The summed E-state index contributed by atoms with van der Waals surface area (Å²) < 4.78 is 0. The fraction of sp³-hybridized carbons (Fsp3) is 0.250. The number of carbonyl (C=O) groups excluding carboxylic acids is 3. The molecule has 0 unspecified atom stereocenters. The van der Waals surface area contributed by atoms with Gasteiger partial charge in [-0.3, -0.25) is 14.4 Å². The summed E-state index contributed by atoms with van der Waals surface area (Å²) in [6.45, 7) is 3.36. The van der Waals surface area contributed by atoms with Crippen LogP contribution in [-0.2, 0) is 14.4 Å². The minimum absolute atomic E-state index is 0.000469. The van der Waals surface area contributed by atoms with Crippen LogP contribution in [0, 0.1) is 0 Å². The lowest BCUT2D eigenvalue weighted by atomic mass is 10.2. The molecule has 0 fully saturated rings. The molecule has 28 heavy (non-hydrogen) atoms. The standard InChI is InChI=1S/C20H23ClN4O3/c1-3-4-19(27)25-16-9-10-17(21)18(11-16)22-12-20(28)24-15-7-5-14(6-8-15)23-13(2)26/h5-11,22H,3-4,12H2,1-2H3,(H,23,26)(H,24,28)(H,25,27). The van der Waals surface area contributed by atoms with Crippen molar-refractivity contribution in [3.8, 4) is 0 Å². The summed E-state index contributed by atoms with van der Waals surface area (Å²) in [5, 5.41) is 11.6. The first-order valence-corrected chi connectivity index (χ1v) is 9.26. The SMILES string of the molecule is CCCC(=O)Nc1ccc(Cl)c(NCC(=O)Nc2ccc(NC(C)=O)cc2)c1. The Labute approximate surface area is 168 Å². The Hall–Kier alpha value is -3.06. The van der Waals surface area contributed by atoms with Gasteiger partial charge in [-0.05, 0) is 48.9 Å². The van der Waals surface area contributed by atoms with Crippen molar-refractivity contribution in [2.24, 2.45) is 0 Å². The van der Waals surface area contributed by atoms with Crippen molar-refractivity contribution in [2.45, 2.75) is 26.7 Å². The highest BCUT2D eigenvalue weighted by Gasteiger charge is 2.08. The zero-order chi connectivity index (χ0) is 20.5. The van der Waals surface area contributed by atoms with Crippen LogP contribution < -0.4 is 21.3 Å². The molecule has 0 saturated heterocycles. The number of rotatable bonds is 8. The number of amides is 3. The van der Waals surface area contributed by atoms with Gasteiger partial charge < -0.3 is 21.3 Å². The van der Waals surface area contributed by atoms with Gasteiger partial charge in [0.15, 0.2) is 0 Å². The molecule has 3 amide bonds. The predicted molar refractivity (Wildman–Crippen MR) is 113 cm³/mol. The van der Waals surface area contributed by atoms with E-state index in [1.54, 1.807) is 42.5 Å². The average Bonchev–Trinajstić information content (AvgIpc) is 2.63. The molecule has 0 heterocycles. The maximum absolute atomic E-state index is 12.2. The van der Waals surface area contributed by atoms with Crippen LogP contribution in [0.4, 0.5) is 22.7 Å². The topological polar surface area (TPSA) is 99.3 Å². The molecule has 2 rings (SSSR count). The maximum atomic E-state index is 12.2. The zero-order valence-corrected chi connectivity index (χ0v) is 16.5. The largest absolute Gasteiger partial charge is 0.375 e. The lowest BCUT2D eigenvalue weighted by molar-refractivity contribution is -0.116. The minimum atomic E-state index is -0.260. The third kappa shape index (κ3) is 6.92. The van der Waals surface area contributed by atoms with Crippen LogP contribution >= 0.6 is 11.6 Å². The Morgan fingerprint density at radius 3 is 2.04 bits per heavy atom. The van der Waals surface area contributed by atoms with E-state index < -0.39 is 0 Å². The Kier molecular flexibility index (Phi) is 7.83. The van der Waals surface area contributed by atoms with E-state index in [4.69, 9.17) is 11.6 Å². The first kappa shape index (κ1) is 21.2. The van der Waals surface area contributed by atoms with E-state index in [0.717, 1.165) is 6.42 Å². The summed E-state index contributed by atoms with van der Waals surface area (Å²) in [5.74, 6) is -0.494. The van der Waals surface area contributed by atoms with E-state index in [-0.39, 0.29) is 24.3 Å².